The number of amides is 2. The topological polar surface area (TPSA) is 122 Å². The molecule has 2 N–H and O–H groups in total. The van der Waals surface area contributed by atoms with E-state index < -0.39 is 27.8 Å². The van der Waals surface area contributed by atoms with Gasteiger partial charge in [0.25, 0.3) is 10.0 Å². The van der Waals surface area contributed by atoms with Crippen molar-refractivity contribution in [3.63, 3.8) is 0 Å². The Balaban J connectivity index is 1.59. The van der Waals surface area contributed by atoms with Crippen molar-refractivity contribution in [2.24, 2.45) is 5.92 Å². The van der Waals surface area contributed by atoms with Gasteiger partial charge in [-0.25, -0.2) is 13.1 Å². The highest BCUT2D eigenvalue weighted by Crippen LogP contribution is 2.20. The lowest BCUT2D eigenvalue weighted by molar-refractivity contribution is -0.132. The first kappa shape index (κ1) is 28.5. The summed E-state index contributed by atoms with van der Waals surface area (Å²) in [5, 5.41) is 14.9. The summed E-state index contributed by atoms with van der Waals surface area (Å²) in [7, 11) is -4.21. The molecule has 9 nitrogen and oxygen atoms in total. The molecule has 0 bridgehead atoms. The molecule has 4 rings (SSSR count). The maximum Gasteiger partial charge on any atom is 0.257 e. The lowest BCUT2D eigenvalue weighted by atomic mass is 9.98. The zero-order valence-electron chi connectivity index (χ0n) is 21.7. The van der Waals surface area contributed by atoms with E-state index in [0.717, 1.165) is 11.0 Å². The second-order valence-electron chi connectivity index (χ2n) is 9.06. The highest BCUT2D eigenvalue weighted by atomic mass is 32.2. The van der Waals surface area contributed by atoms with Crippen molar-refractivity contribution in [2.45, 2.75) is 13.0 Å². The zero-order valence-corrected chi connectivity index (χ0v) is 22.5. The van der Waals surface area contributed by atoms with Crippen LogP contribution in [0.1, 0.15) is 16.7 Å². The largest absolute Gasteiger partial charge is 0.395 e. The number of nitrogens with zero attached hydrogens (tertiary/aromatic N) is 3. The molecule has 2 amide bonds. The zero-order chi connectivity index (χ0) is 28.4. The van der Waals surface area contributed by atoms with Crippen molar-refractivity contribution < 1.29 is 23.1 Å². The summed E-state index contributed by atoms with van der Waals surface area (Å²) in [6.45, 7) is 0.0770. The number of hydrogen-bond acceptors (Lipinski definition) is 6. The van der Waals surface area contributed by atoms with Crippen molar-refractivity contribution in [1.82, 2.24) is 14.5 Å². The van der Waals surface area contributed by atoms with Crippen LogP contribution in [0.3, 0.4) is 0 Å². The third kappa shape index (κ3) is 7.98. The molecule has 1 aromatic heterocycles. The first-order chi connectivity index (χ1) is 19.3. The molecular weight excluding hydrogens is 528 g/mol. The number of para-hydroxylation sites is 1. The summed E-state index contributed by atoms with van der Waals surface area (Å²) in [6.07, 6.45) is 4.55. The lowest BCUT2D eigenvalue weighted by Gasteiger charge is -2.26. The molecule has 0 aliphatic carbocycles. The van der Waals surface area contributed by atoms with Crippen LogP contribution in [0.2, 0.25) is 0 Å². The number of aromatic nitrogens is 2. The highest BCUT2D eigenvalue weighted by Gasteiger charge is 2.33. The molecule has 10 heteroatoms. The van der Waals surface area contributed by atoms with Crippen LogP contribution in [-0.4, -0.2) is 48.3 Å². The Morgan fingerprint density at radius 2 is 1.55 bits per heavy atom. The van der Waals surface area contributed by atoms with Crippen molar-refractivity contribution in [1.29, 1.82) is 0 Å². The quantitative estimate of drug-likeness (QED) is 0.258. The van der Waals surface area contributed by atoms with E-state index in [9.17, 15) is 23.1 Å². The molecule has 4 aromatic rings. The Labute approximate surface area is 233 Å². The van der Waals surface area contributed by atoms with E-state index in [1.54, 1.807) is 77.7 Å². The maximum atomic E-state index is 13.8. The molecule has 40 heavy (non-hydrogen) atoms. The number of hydrogen-bond donors (Lipinski definition) is 2. The number of carbonyl (C=O) groups excluding carboxylic acids is 2. The monoisotopic (exact) mass is 558 g/mol. The van der Waals surface area contributed by atoms with Crippen LogP contribution in [0.25, 0.3) is 6.08 Å². The number of aliphatic hydroxyl groups is 1. The second kappa shape index (κ2) is 13.5. The average Bonchev–Trinajstić information content (AvgIpc) is 3.41. The van der Waals surface area contributed by atoms with Gasteiger partial charge in [-0.2, -0.15) is 5.10 Å². The number of rotatable bonds is 12. The molecule has 206 valence electrons. The van der Waals surface area contributed by atoms with Crippen molar-refractivity contribution in [3.05, 3.63) is 125 Å². The van der Waals surface area contributed by atoms with Gasteiger partial charge in [-0.15, -0.1) is 0 Å². The van der Waals surface area contributed by atoms with E-state index in [-0.39, 0.29) is 19.6 Å². The van der Waals surface area contributed by atoms with E-state index in [1.165, 1.54) is 11.0 Å². The molecule has 1 atom stereocenters. The van der Waals surface area contributed by atoms with Gasteiger partial charge >= 0.3 is 0 Å². The summed E-state index contributed by atoms with van der Waals surface area (Å²) in [5.74, 6) is -3.02. The molecule has 0 saturated carbocycles. The Morgan fingerprint density at radius 3 is 2.20 bits per heavy atom. The molecule has 0 radical (unpaired) electrons. The number of aliphatic hydroxyl groups excluding tert-OH is 1. The van der Waals surface area contributed by atoms with E-state index in [1.807, 2.05) is 35.1 Å². The summed E-state index contributed by atoms with van der Waals surface area (Å²) in [4.78, 5) is 28.4. The van der Waals surface area contributed by atoms with E-state index in [4.69, 9.17) is 0 Å². The van der Waals surface area contributed by atoms with Gasteiger partial charge in [-0.05, 0) is 41.3 Å². The summed E-state index contributed by atoms with van der Waals surface area (Å²) in [6, 6.07) is 27.0. The SMILES string of the molecule is O=C(NS(=O)(=O)/C=C/c1ccccc1)C(Cc1cnn(Cc2ccccc2)c1)C(=O)N(CCO)c1ccccc1. The molecule has 0 fully saturated rings. The highest BCUT2D eigenvalue weighted by molar-refractivity contribution is 7.93. The Morgan fingerprint density at radius 1 is 0.925 bits per heavy atom. The fourth-order valence-corrected chi connectivity index (χ4v) is 4.96. The van der Waals surface area contributed by atoms with E-state index in [2.05, 4.69) is 5.10 Å². The standard InChI is InChI=1S/C30H30N4O5S/c35-18-17-34(27-14-8-3-9-15-27)30(37)28(20-26-21-31-33(23-26)22-25-12-6-2-7-13-25)29(36)32-40(38,39)19-16-24-10-4-1-5-11-24/h1-16,19,21,23,28,35H,17-18,20,22H2,(H,32,36)/b19-16+. The minimum Gasteiger partial charge on any atom is -0.395 e. The Hall–Kier alpha value is -4.54. The first-order valence-corrected chi connectivity index (χ1v) is 14.2. The molecular formula is C30H30N4O5S. The first-order valence-electron chi connectivity index (χ1n) is 12.7. The molecule has 0 aliphatic heterocycles. The molecule has 0 spiro atoms. The lowest BCUT2D eigenvalue weighted by Crippen LogP contribution is -2.46. The van der Waals surface area contributed by atoms with Crippen LogP contribution < -0.4 is 9.62 Å². The Kier molecular flexibility index (Phi) is 9.61. The van der Waals surface area contributed by atoms with Crippen LogP contribution in [-0.2, 0) is 32.6 Å². The maximum absolute atomic E-state index is 13.8. The smallest absolute Gasteiger partial charge is 0.257 e. The predicted octanol–water partition coefficient (Wildman–Crippen LogP) is 3.23. The van der Waals surface area contributed by atoms with Gasteiger partial charge in [-0.3, -0.25) is 14.3 Å². The third-order valence-corrected chi connectivity index (χ3v) is 7.05. The van der Waals surface area contributed by atoms with Gasteiger partial charge in [0, 0.05) is 18.4 Å². The molecule has 1 unspecified atom stereocenters. The number of benzene rings is 3. The van der Waals surface area contributed by atoms with Gasteiger partial charge in [0.15, 0.2) is 0 Å². The van der Waals surface area contributed by atoms with Crippen LogP contribution in [0.4, 0.5) is 5.69 Å². The van der Waals surface area contributed by atoms with Crippen molar-refractivity contribution in [3.8, 4) is 0 Å². The summed E-state index contributed by atoms with van der Waals surface area (Å²) < 4.78 is 29.3. The molecule has 0 aliphatic rings. The predicted molar refractivity (Wildman–Crippen MR) is 153 cm³/mol. The van der Waals surface area contributed by atoms with E-state index >= 15 is 0 Å². The minimum absolute atomic E-state index is 0.0689. The minimum atomic E-state index is -4.21. The molecule has 0 saturated heterocycles. The number of carbonyl (C=O) groups is 2. The van der Waals surface area contributed by atoms with Gasteiger partial charge < -0.3 is 10.0 Å². The van der Waals surface area contributed by atoms with Crippen LogP contribution >= 0.6 is 0 Å². The number of nitrogens with one attached hydrogen (secondary N) is 1. The fraction of sp³-hybridized carbons (Fsp3) is 0.167. The average molecular weight is 559 g/mol. The third-order valence-electron chi connectivity index (χ3n) is 6.07. The fourth-order valence-electron chi connectivity index (χ4n) is 4.14. The molecule has 1 heterocycles. The van der Waals surface area contributed by atoms with Gasteiger partial charge in [-0.1, -0.05) is 78.9 Å². The normalized spacial score (nSPS) is 12.2. The number of anilines is 1. The van der Waals surface area contributed by atoms with Crippen LogP contribution in [0.15, 0.2) is 109 Å². The van der Waals surface area contributed by atoms with Crippen LogP contribution in [0.5, 0.6) is 0 Å². The summed E-state index contributed by atoms with van der Waals surface area (Å²) in [5.41, 5.74) is 2.72. The van der Waals surface area contributed by atoms with Gasteiger partial charge in [0.05, 0.1) is 24.8 Å². The second-order valence-corrected chi connectivity index (χ2v) is 10.6. The van der Waals surface area contributed by atoms with Crippen molar-refractivity contribution >= 4 is 33.6 Å². The van der Waals surface area contributed by atoms with Gasteiger partial charge in [0.1, 0.15) is 5.92 Å². The Bertz CT molecular complexity index is 1540. The van der Waals surface area contributed by atoms with Crippen LogP contribution in [0, 0.1) is 5.92 Å². The van der Waals surface area contributed by atoms with Crippen molar-refractivity contribution in [2.75, 3.05) is 18.1 Å². The summed E-state index contributed by atoms with van der Waals surface area (Å²) >= 11 is 0. The number of sulfonamides is 1. The van der Waals surface area contributed by atoms with E-state index in [0.29, 0.717) is 23.4 Å². The van der Waals surface area contributed by atoms with Gasteiger partial charge in [0.2, 0.25) is 11.8 Å². The molecule has 3 aromatic carbocycles.